The van der Waals surface area contributed by atoms with Gasteiger partial charge in [0.15, 0.2) is 0 Å². The molecule has 0 saturated heterocycles. The summed E-state index contributed by atoms with van der Waals surface area (Å²) in [5.74, 6) is 0. The van der Waals surface area contributed by atoms with Gasteiger partial charge in [-0.25, -0.2) is 0 Å². The molecule has 0 spiro atoms. The molecule has 0 saturated carbocycles. The number of hydrogen-bond acceptors (Lipinski definition) is 2. The Kier molecular flexibility index (Phi) is 5.28. The lowest BCUT2D eigenvalue weighted by atomic mass is 9.94. The molecule has 2 rings (SSSR count). The fourth-order valence-corrected chi connectivity index (χ4v) is 2.94. The van der Waals surface area contributed by atoms with E-state index < -0.39 is 0 Å². The highest BCUT2D eigenvalue weighted by molar-refractivity contribution is 6.34. The van der Waals surface area contributed by atoms with Gasteiger partial charge >= 0.3 is 0 Å². The van der Waals surface area contributed by atoms with Crippen LogP contribution < -0.4 is 5.32 Å². The highest BCUT2D eigenvalue weighted by Crippen LogP contribution is 2.37. The van der Waals surface area contributed by atoms with Crippen molar-refractivity contribution < 1.29 is 0 Å². The van der Waals surface area contributed by atoms with Gasteiger partial charge in [-0.2, -0.15) is 5.26 Å². The Morgan fingerprint density at radius 3 is 2.59 bits per heavy atom. The largest absolute Gasteiger partial charge is 0.347 e. The summed E-state index contributed by atoms with van der Waals surface area (Å²) in [4.78, 5) is 3.16. The number of aromatic nitrogens is 1. The molecule has 4 heteroatoms. The number of aryl methyl sites for hydroxylation is 1. The Morgan fingerprint density at radius 2 is 1.95 bits per heavy atom. The standard InChI is InChI=1S/C18H22ClN3/c1-5-8-21-10-16-17(18(19)15(9-20)22-16)14-7-6-11(2)12(3)13(14)4/h6-7,21-22H,5,8,10H2,1-4H3. The Labute approximate surface area is 137 Å². The first-order valence-electron chi connectivity index (χ1n) is 7.59. The van der Waals surface area contributed by atoms with Crippen LogP contribution in [-0.4, -0.2) is 11.5 Å². The Morgan fingerprint density at radius 1 is 1.23 bits per heavy atom. The molecular weight excluding hydrogens is 294 g/mol. The second-order valence-electron chi connectivity index (χ2n) is 5.64. The van der Waals surface area contributed by atoms with Crippen molar-refractivity contribution in [3.8, 4) is 17.2 Å². The summed E-state index contributed by atoms with van der Waals surface area (Å²) in [7, 11) is 0. The van der Waals surface area contributed by atoms with Crippen LogP contribution >= 0.6 is 11.6 Å². The fourth-order valence-electron chi connectivity index (χ4n) is 2.63. The van der Waals surface area contributed by atoms with Crippen molar-refractivity contribution in [2.45, 2.75) is 40.7 Å². The minimum Gasteiger partial charge on any atom is -0.347 e. The van der Waals surface area contributed by atoms with Crippen LogP contribution in [0.1, 0.15) is 41.4 Å². The molecule has 0 unspecified atom stereocenters. The molecule has 1 heterocycles. The maximum absolute atomic E-state index is 9.26. The molecule has 2 N–H and O–H groups in total. The first-order chi connectivity index (χ1) is 10.5. The quantitative estimate of drug-likeness (QED) is 0.790. The summed E-state index contributed by atoms with van der Waals surface area (Å²) in [5.41, 5.74) is 7.19. The lowest BCUT2D eigenvalue weighted by Crippen LogP contribution is -2.14. The Hall–Kier alpha value is -1.76. The van der Waals surface area contributed by atoms with Gasteiger partial charge < -0.3 is 10.3 Å². The third-order valence-corrected chi connectivity index (χ3v) is 4.56. The molecule has 0 atom stereocenters. The number of halogens is 1. The molecule has 1 aromatic heterocycles. The van der Waals surface area contributed by atoms with E-state index in [0.717, 1.165) is 29.8 Å². The van der Waals surface area contributed by atoms with Crippen molar-refractivity contribution in [2.24, 2.45) is 0 Å². The van der Waals surface area contributed by atoms with Crippen LogP contribution in [0.15, 0.2) is 12.1 Å². The molecule has 0 aliphatic carbocycles. The van der Waals surface area contributed by atoms with Gasteiger partial charge in [-0.05, 0) is 56.0 Å². The maximum atomic E-state index is 9.26. The molecule has 2 aromatic rings. The van der Waals surface area contributed by atoms with Gasteiger partial charge in [0.05, 0.1) is 5.02 Å². The average molecular weight is 316 g/mol. The van der Waals surface area contributed by atoms with Crippen molar-refractivity contribution in [3.63, 3.8) is 0 Å². The van der Waals surface area contributed by atoms with E-state index in [9.17, 15) is 5.26 Å². The molecule has 116 valence electrons. The zero-order valence-electron chi connectivity index (χ0n) is 13.6. The molecule has 1 aromatic carbocycles. The molecule has 0 bridgehead atoms. The van der Waals surface area contributed by atoms with Crippen LogP contribution in [0.5, 0.6) is 0 Å². The van der Waals surface area contributed by atoms with Crippen LogP contribution in [0.25, 0.3) is 11.1 Å². The van der Waals surface area contributed by atoms with E-state index in [0.29, 0.717) is 17.3 Å². The number of rotatable bonds is 5. The minimum absolute atomic E-state index is 0.433. The van der Waals surface area contributed by atoms with Crippen molar-refractivity contribution >= 4 is 11.6 Å². The molecule has 22 heavy (non-hydrogen) atoms. The highest BCUT2D eigenvalue weighted by atomic mass is 35.5. The summed E-state index contributed by atoms with van der Waals surface area (Å²) in [6.45, 7) is 10.1. The average Bonchev–Trinajstić information content (AvgIpc) is 2.82. The van der Waals surface area contributed by atoms with Crippen LogP contribution in [0, 0.1) is 32.1 Å². The Bertz CT molecular complexity index is 723. The van der Waals surface area contributed by atoms with Gasteiger partial charge in [0.1, 0.15) is 11.8 Å². The molecule has 0 fully saturated rings. The zero-order chi connectivity index (χ0) is 16.3. The van der Waals surface area contributed by atoms with Crippen LogP contribution in [0.2, 0.25) is 5.02 Å². The fraction of sp³-hybridized carbons (Fsp3) is 0.389. The van der Waals surface area contributed by atoms with E-state index in [2.05, 4.69) is 56.2 Å². The first kappa shape index (κ1) is 16.6. The molecule has 0 amide bonds. The molecule has 0 aliphatic rings. The molecule has 3 nitrogen and oxygen atoms in total. The summed E-state index contributed by atoms with van der Waals surface area (Å²) in [6.07, 6.45) is 1.07. The minimum atomic E-state index is 0.433. The predicted molar refractivity (Wildman–Crippen MR) is 92.2 cm³/mol. The van der Waals surface area contributed by atoms with Crippen molar-refractivity contribution in [2.75, 3.05) is 6.54 Å². The molecule has 0 radical (unpaired) electrons. The van der Waals surface area contributed by atoms with E-state index in [1.807, 2.05) is 0 Å². The van der Waals surface area contributed by atoms with Gasteiger partial charge in [0, 0.05) is 17.8 Å². The zero-order valence-corrected chi connectivity index (χ0v) is 14.4. The lowest BCUT2D eigenvalue weighted by molar-refractivity contribution is 0.667. The third kappa shape index (κ3) is 3.04. The summed E-state index contributed by atoms with van der Waals surface area (Å²) < 4.78 is 0. The van der Waals surface area contributed by atoms with Crippen molar-refractivity contribution in [3.05, 3.63) is 45.2 Å². The number of aromatic amines is 1. The second-order valence-corrected chi connectivity index (χ2v) is 6.01. The number of hydrogen-bond donors (Lipinski definition) is 2. The normalized spacial score (nSPS) is 10.7. The topological polar surface area (TPSA) is 51.6 Å². The number of nitrogens with one attached hydrogen (secondary N) is 2. The van der Waals surface area contributed by atoms with Crippen molar-refractivity contribution in [1.82, 2.24) is 10.3 Å². The van der Waals surface area contributed by atoms with E-state index in [-0.39, 0.29) is 0 Å². The third-order valence-electron chi connectivity index (χ3n) is 4.18. The smallest absolute Gasteiger partial charge is 0.137 e. The van der Waals surface area contributed by atoms with Crippen LogP contribution in [0.3, 0.4) is 0 Å². The summed E-state index contributed by atoms with van der Waals surface area (Å²) in [6, 6.07) is 6.35. The van der Waals surface area contributed by atoms with Gasteiger partial charge in [0.25, 0.3) is 0 Å². The second kappa shape index (κ2) is 7.00. The highest BCUT2D eigenvalue weighted by Gasteiger charge is 2.19. The van der Waals surface area contributed by atoms with E-state index >= 15 is 0 Å². The van der Waals surface area contributed by atoms with Crippen LogP contribution in [0.4, 0.5) is 0 Å². The molecule has 0 aliphatic heterocycles. The van der Waals surface area contributed by atoms with Gasteiger partial charge in [-0.15, -0.1) is 0 Å². The monoisotopic (exact) mass is 315 g/mol. The van der Waals surface area contributed by atoms with E-state index in [1.54, 1.807) is 0 Å². The first-order valence-corrected chi connectivity index (χ1v) is 7.97. The lowest BCUT2D eigenvalue weighted by Gasteiger charge is -2.13. The van der Waals surface area contributed by atoms with Crippen LogP contribution in [-0.2, 0) is 6.54 Å². The van der Waals surface area contributed by atoms with E-state index in [1.165, 1.54) is 16.7 Å². The van der Waals surface area contributed by atoms with Gasteiger partial charge in [-0.1, -0.05) is 30.7 Å². The SMILES string of the molecule is CCCNCc1[nH]c(C#N)c(Cl)c1-c1ccc(C)c(C)c1C. The number of H-pyrrole nitrogens is 1. The predicted octanol–water partition coefficient (Wildman–Crippen LogP) is 4.63. The van der Waals surface area contributed by atoms with Gasteiger partial charge in [0.2, 0.25) is 0 Å². The summed E-state index contributed by atoms with van der Waals surface area (Å²) in [5, 5.41) is 13.1. The summed E-state index contributed by atoms with van der Waals surface area (Å²) >= 11 is 6.46. The number of nitriles is 1. The molecular formula is C18H22ClN3. The number of nitrogens with zero attached hydrogens (tertiary/aromatic N) is 1. The van der Waals surface area contributed by atoms with Crippen molar-refractivity contribution in [1.29, 1.82) is 5.26 Å². The van der Waals surface area contributed by atoms with Gasteiger partial charge in [-0.3, -0.25) is 0 Å². The Balaban J connectivity index is 2.56. The maximum Gasteiger partial charge on any atom is 0.137 e. The number of benzene rings is 1. The van der Waals surface area contributed by atoms with E-state index in [4.69, 9.17) is 11.6 Å².